The lowest BCUT2D eigenvalue weighted by Crippen LogP contribution is -3.13. The highest BCUT2D eigenvalue weighted by Crippen LogP contribution is 2.40. The molecule has 2 heterocycles. The van der Waals surface area contributed by atoms with Gasteiger partial charge in [0, 0.05) is 18.4 Å². The molecule has 2 unspecified atom stereocenters. The van der Waals surface area contributed by atoms with Gasteiger partial charge in [-0.05, 0) is 29.3 Å². The first-order valence-corrected chi connectivity index (χ1v) is 9.02. The Morgan fingerprint density at radius 3 is 2.27 bits per heavy atom. The maximum absolute atomic E-state index is 5.68. The molecule has 2 aliphatic heterocycles. The number of nitrogens with one attached hydrogen (secondary N) is 1. The van der Waals surface area contributed by atoms with E-state index in [4.69, 9.17) is 18.9 Å². The summed E-state index contributed by atoms with van der Waals surface area (Å²) in [5, 5.41) is 0. The van der Waals surface area contributed by atoms with Gasteiger partial charge in [0.1, 0.15) is 12.6 Å². The van der Waals surface area contributed by atoms with Gasteiger partial charge in [-0.25, -0.2) is 0 Å². The monoisotopic (exact) mass is 356 g/mol. The normalized spacial score (nSPS) is 20.5. The molecule has 0 aliphatic carbocycles. The van der Waals surface area contributed by atoms with Gasteiger partial charge in [-0.15, -0.1) is 0 Å². The summed E-state index contributed by atoms with van der Waals surface area (Å²) >= 11 is 0. The lowest BCUT2D eigenvalue weighted by atomic mass is 9.83. The fourth-order valence-electron chi connectivity index (χ4n) is 4.50. The summed E-state index contributed by atoms with van der Waals surface area (Å²) in [6.07, 6.45) is 2.04. The molecule has 2 aromatic rings. The Hall–Kier alpha value is -2.40. The number of rotatable bonds is 4. The fraction of sp³-hybridized carbons (Fsp3) is 0.429. The molecule has 2 atom stereocenters. The number of hydrogen-bond acceptors (Lipinski definition) is 4. The van der Waals surface area contributed by atoms with Crippen molar-refractivity contribution in [3.8, 4) is 23.0 Å². The highest BCUT2D eigenvalue weighted by atomic mass is 16.5. The zero-order chi connectivity index (χ0) is 18.3. The maximum Gasteiger partial charge on any atom is 0.169 e. The Morgan fingerprint density at radius 2 is 1.58 bits per heavy atom. The molecule has 0 aromatic heterocycles. The third-order valence-electron chi connectivity index (χ3n) is 5.80. The number of hydrogen-bond donors (Lipinski definition) is 1. The number of benzene rings is 2. The van der Waals surface area contributed by atoms with E-state index < -0.39 is 0 Å². The van der Waals surface area contributed by atoms with Crippen LogP contribution in [0.2, 0.25) is 0 Å². The quantitative estimate of drug-likeness (QED) is 0.909. The van der Waals surface area contributed by atoms with Crippen LogP contribution in [-0.2, 0) is 19.4 Å². The lowest BCUT2D eigenvalue weighted by molar-refractivity contribution is -0.949. The van der Waals surface area contributed by atoms with E-state index in [-0.39, 0.29) is 0 Å². The molecule has 0 saturated heterocycles. The molecular weight excluding hydrogens is 330 g/mol. The molecule has 0 fully saturated rings. The van der Waals surface area contributed by atoms with Crippen LogP contribution in [-0.4, -0.2) is 35.0 Å². The second-order valence-corrected chi connectivity index (χ2v) is 6.94. The third kappa shape index (κ3) is 2.58. The van der Waals surface area contributed by atoms with Crippen molar-refractivity contribution in [1.82, 2.24) is 0 Å². The smallest absolute Gasteiger partial charge is 0.169 e. The minimum atomic E-state index is 0.434. The molecule has 0 saturated carbocycles. The van der Waals surface area contributed by atoms with Gasteiger partial charge in [0.15, 0.2) is 23.0 Å². The predicted molar refractivity (Wildman–Crippen MR) is 98.8 cm³/mol. The third-order valence-corrected chi connectivity index (χ3v) is 5.80. The summed E-state index contributed by atoms with van der Waals surface area (Å²) in [4.78, 5) is 1.57. The number of methoxy groups -OCH3 is 4. The summed E-state index contributed by atoms with van der Waals surface area (Å²) in [6, 6.07) is 8.95. The first-order chi connectivity index (χ1) is 12.7. The van der Waals surface area contributed by atoms with Crippen molar-refractivity contribution in [3.63, 3.8) is 0 Å². The number of fused-ring (bicyclic) bond motifs is 4. The predicted octanol–water partition coefficient (Wildman–Crippen LogP) is 1.96. The second-order valence-electron chi connectivity index (χ2n) is 6.94. The highest BCUT2D eigenvalue weighted by molar-refractivity contribution is 5.53. The van der Waals surface area contributed by atoms with Crippen molar-refractivity contribution in [2.24, 2.45) is 0 Å². The van der Waals surface area contributed by atoms with Crippen molar-refractivity contribution in [1.29, 1.82) is 0 Å². The molecule has 2 aliphatic rings. The van der Waals surface area contributed by atoms with Gasteiger partial charge in [-0.2, -0.15) is 0 Å². The van der Waals surface area contributed by atoms with E-state index in [0.717, 1.165) is 48.9 Å². The van der Waals surface area contributed by atoms with Gasteiger partial charge in [0.05, 0.1) is 40.5 Å². The SMILES string of the molecule is COc1cc2c(cc1OC)C1Cc3ccc(OC)c(OC)c3C[NH+]1CC2. The van der Waals surface area contributed by atoms with Gasteiger partial charge in [0.25, 0.3) is 0 Å². The maximum atomic E-state index is 5.68. The van der Waals surface area contributed by atoms with Gasteiger partial charge in [-0.1, -0.05) is 6.07 Å². The fourth-order valence-corrected chi connectivity index (χ4v) is 4.50. The molecule has 1 N–H and O–H groups in total. The van der Waals surface area contributed by atoms with Gasteiger partial charge >= 0.3 is 0 Å². The lowest BCUT2D eigenvalue weighted by Gasteiger charge is -2.39. The number of quaternary nitrogens is 1. The van der Waals surface area contributed by atoms with E-state index >= 15 is 0 Å². The molecule has 5 heteroatoms. The molecule has 0 radical (unpaired) electrons. The van der Waals surface area contributed by atoms with Crippen LogP contribution in [0.5, 0.6) is 23.0 Å². The van der Waals surface area contributed by atoms with E-state index in [1.54, 1.807) is 33.3 Å². The Balaban J connectivity index is 1.76. The molecule has 138 valence electrons. The van der Waals surface area contributed by atoms with Crippen molar-refractivity contribution >= 4 is 0 Å². The Labute approximate surface area is 154 Å². The van der Waals surface area contributed by atoms with E-state index in [1.165, 1.54) is 22.3 Å². The molecule has 0 amide bonds. The molecule has 0 spiro atoms. The van der Waals surface area contributed by atoms with E-state index in [1.807, 2.05) is 6.07 Å². The van der Waals surface area contributed by atoms with Gasteiger partial charge in [0.2, 0.25) is 0 Å². The second kappa shape index (κ2) is 6.72. The average molecular weight is 356 g/mol. The summed E-state index contributed by atoms with van der Waals surface area (Å²) in [7, 11) is 6.81. The molecule has 26 heavy (non-hydrogen) atoms. The van der Waals surface area contributed by atoms with E-state index in [0.29, 0.717) is 6.04 Å². The summed E-state index contributed by atoms with van der Waals surface area (Å²) in [5.41, 5.74) is 5.38. The molecule has 0 bridgehead atoms. The van der Waals surface area contributed by atoms with Crippen LogP contribution in [0, 0.1) is 0 Å². The Morgan fingerprint density at radius 1 is 0.846 bits per heavy atom. The summed E-state index contributed by atoms with van der Waals surface area (Å²) in [6.45, 7) is 2.06. The molecular formula is C21H26NO4+. The van der Waals surface area contributed by atoms with Crippen LogP contribution in [0.1, 0.15) is 28.3 Å². The van der Waals surface area contributed by atoms with Crippen LogP contribution >= 0.6 is 0 Å². The number of ether oxygens (including phenoxy) is 4. The minimum Gasteiger partial charge on any atom is -0.493 e. The standard InChI is InChI=1S/C21H25NO4/c1-23-18-6-5-13-9-17-15-11-20(25-3)19(24-2)10-14(15)7-8-22(17)12-16(13)21(18)26-4/h5-6,10-11,17H,7-9,12H2,1-4H3/p+1. The van der Waals surface area contributed by atoms with Crippen molar-refractivity contribution in [2.45, 2.75) is 25.4 Å². The highest BCUT2D eigenvalue weighted by Gasteiger charge is 2.38. The van der Waals surface area contributed by atoms with E-state index in [9.17, 15) is 0 Å². The van der Waals surface area contributed by atoms with Gasteiger partial charge < -0.3 is 23.8 Å². The van der Waals surface area contributed by atoms with Crippen LogP contribution in [0.3, 0.4) is 0 Å². The van der Waals surface area contributed by atoms with Crippen molar-refractivity contribution < 1.29 is 23.8 Å². The molecule has 2 aromatic carbocycles. The van der Waals surface area contributed by atoms with Gasteiger partial charge in [-0.3, -0.25) is 0 Å². The zero-order valence-electron chi connectivity index (χ0n) is 15.8. The summed E-state index contributed by atoms with van der Waals surface area (Å²) in [5.74, 6) is 3.32. The minimum absolute atomic E-state index is 0.434. The largest absolute Gasteiger partial charge is 0.493 e. The average Bonchev–Trinajstić information content (AvgIpc) is 2.70. The first-order valence-electron chi connectivity index (χ1n) is 9.02. The molecule has 5 nitrogen and oxygen atoms in total. The van der Waals surface area contributed by atoms with Crippen LogP contribution in [0.15, 0.2) is 24.3 Å². The Bertz CT molecular complexity index is 833. The van der Waals surface area contributed by atoms with E-state index in [2.05, 4.69) is 18.2 Å². The Kier molecular flexibility index (Phi) is 4.41. The topological polar surface area (TPSA) is 41.4 Å². The van der Waals surface area contributed by atoms with Crippen molar-refractivity contribution in [2.75, 3.05) is 35.0 Å². The van der Waals surface area contributed by atoms with Crippen LogP contribution in [0.25, 0.3) is 0 Å². The van der Waals surface area contributed by atoms with Crippen molar-refractivity contribution in [3.05, 3.63) is 46.5 Å². The zero-order valence-corrected chi connectivity index (χ0v) is 15.8. The van der Waals surface area contributed by atoms with Crippen LogP contribution in [0.4, 0.5) is 0 Å². The first kappa shape index (κ1) is 17.0. The van der Waals surface area contributed by atoms with Crippen LogP contribution < -0.4 is 23.8 Å². The molecule has 4 rings (SSSR count). The summed E-state index contributed by atoms with van der Waals surface area (Å²) < 4.78 is 22.2.